The van der Waals surface area contributed by atoms with Crippen LogP contribution >= 0.6 is 11.3 Å². The molecule has 4 rings (SSSR count). The molecule has 2 heterocycles. The van der Waals surface area contributed by atoms with Crippen LogP contribution in [0, 0.1) is 0 Å². The molecule has 0 fully saturated rings. The van der Waals surface area contributed by atoms with Crippen molar-refractivity contribution in [2.24, 2.45) is 0 Å². The molecule has 1 unspecified atom stereocenters. The number of rotatable bonds is 8. The molecule has 7 nitrogen and oxygen atoms in total. The lowest BCUT2D eigenvalue weighted by Gasteiger charge is -2.25. The van der Waals surface area contributed by atoms with Gasteiger partial charge in [0.15, 0.2) is 5.13 Å². The Morgan fingerprint density at radius 3 is 2.68 bits per heavy atom. The van der Waals surface area contributed by atoms with E-state index < -0.39 is 6.04 Å². The topological polar surface area (TPSA) is 83.6 Å². The van der Waals surface area contributed by atoms with Crippen molar-refractivity contribution in [2.45, 2.75) is 32.5 Å². The van der Waals surface area contributed by atoms with E-state index in [1.807, 2.05) is 30.3 Å². The van der Waals surface area contributed by atoms with Crippen molar-refractivity contribution in [1.82, 2.24) is 15.2 Å². The van der Waals surface area contributed by atoms with E-state index in [4.69, 9.17) is 4.74 Å². The Labute approximate surface area is 203 Å². The van der Waals surface area contributed by atoms with Gasteiger partial charge in [-0.2, -0.15) is 0 Å². The summed E-state index contributed by atoms with van der Waals surface area (Å²) in [4.78, 5) is 33.0. The molecule has 2 N–H and O–H groups in total. The predicted octanol–water partition coefficient (Wildman–Crippen LogP) is 3.87. The van der Waals surface area contributed by atoms with Gasteiger partial charge in [0.25, 0.3) is 0 Å². The molecule has 1 aliphatic rings. The molecule has 1 aromatic heterocycles. The number of nitrogens with one attached hydrogen (secondary N) is 2. The zero-order chi connectivity index (χ0) is 23.9. The normalized spacial score (nSPS) is 14.4. The van der Waals surface area contributed by atoms with Crippen LogP contribution in [0.4, 0.5) is 5.13 Å². The van der Waals surface area contributed by atoms with Crippen molar-refractivity contribution in [3.63, 3.8) is 0 Å². The number of amides is 2. The highest BCUT2D eigenvalue weighted by atomic mass is 32.1. The molecule has 2 amide bonds. The van der Waals surface area contributed by atoms with Gasteiger partial charge in [-0.3, -0.25) is 14.5 Å². The molecule has 0 saturated heterocycles. The fraction of sp³-hybridized carbons (Fsp3) is 0.269. The van der Waals surface area contributed by atoms with Gasteiger partial charge in [0.2, 0.25) is 11.8 Å². The van der Waals surface area contributed by atoms with Crippen molar-refractivity contribution in [3.05, 3.63) is 82.4 Å². The van der Waals surface area contributed by atoms with Crippen LogP contribution < -0.4 is 15.4 Å². The van der Waals surface area contributed by atoms with E-state index in [2.05, 4.69) is 44.8 Å². The second-order valence-electron chi connectivity index (χ2n) is 8.16. The summed E-state index contributed by atoms with van der Waals surface area (Å²) >= 11 is 1.50. The maximum absolute atomic E-state index is 12.6. The Bertz CT molecular complexity index is 1160. The number of benzene rings is 2. The van der Waals surface area contributed by atoms with Crippen molar-refractivity contribution in [3.8, 4) is 5.75 Å². The first kappa shape index (κ1) is 23.7. The third kappa shape index (κ3) is 6.30. The van der Waals surface area contributed by atoms with Gasteiger partial charge in [-0.15, -0.1) is 11.3 Å². The van der Waals surface area contributed by atoms with Crippen LogP contribution in [-0.2, 0) is 29.1 Å². The molecule has 1 atom stereocenters. The van der Waals surface area contributed by atoms with Gasteiger partial charge in [-0.25, -0.2) is 4.98 Å². The minimum Gasteiger partial charge on any atom is -0.497 e. The average molecular weight is 477 g/mol. The number of carbonyl (C=O) groups excluding carboxylic acids is 2. The van der Waals surface area contributed by atoms with Gasteiger partial charge < -0.3 is 15.4 Å². The molecule has 0 saturated carbocycles. The third-order valence-corrected chi connectivity index (χ3v) is 6.58. The molecular formula is C26H28N4O3S. The van der Waals surface area contributed by atoms with E-state index in [1.54, 1.807) is 20.1 Å². The number of carbonyl (C=O) groups is 2. The highest BCUT2D eigenvalue weighted by Crippen LogP contribution is 2.29. The van der Waals surface area contributed by atoms with E-state index in [-0.39, 0.29) is 11.8 Å². The smallest absolute Gasteiger partial charge is 0.248 e. The second kappa shape index (κ2) is 11.1. The molecular weight excluding hydrogens is 448 g/mol. The summed E-state index contributed by atoms with van der Waals surface area (Å²) in [6.45, 7) is 4.31. The van der Waals surface area contributed by atoms with E-state index >= 15 is 0 Å². The molecule has 0 aliphatic carbocycles. The number of hydrogen-bond donors (Lipinski definition) is 2. The summed E-state index contributed by atoms with van der Waals surface area (Å²) in [5.74, 6) is 0.117. The number of aromatic nitrogens is 1. The maximum atomic E-state index is 12.6. The first-order valence-electron chi connectivity index (χ1n) is 11.2. The van der Waals surface area contributed by atoms with Crippen LogP contribution in [0.1, 0.15) is 28.6 Å². The Morgan fingerprint density at radius 2 is 1.94 bits per heavy atom. The van der Waals surface area contributed by atoms with E-state index in [9.17, 15) is 9.59 Å². The van der Waals surface area contributed by atoms with Crippen LogP contribution in [-0.4, -0.2) is 41.4 Å². The zero-order valence-corrected chi connectivity index (χ0v) is 20.1. The van der Waals surface area contributed by atoms with Crippen LogP contribution in [0.5, 0.6) is 5.75 Å². The van der Waals surface area contributed by atoms with E-state index in [0.29, 0.717) is 5.13 Å². The molecule has 2 aromatic carbocycles. The minimum atomic E-state index is -0.691. The first-order chi connectivity index (χ1) is 16.5. The minimum absolute atomic E-state index is 0.293. The van der Waals surface area contributed by atoms with Gasteiger partial charge in [0.1, 0.15) is 11.8 Å². The van der Waals surface area contributed by atoms with Crippen LogP contribution in [0.15, 0.2) is 60.7 Å². The summed E-state index contributed by atoms with van der Waals surface area (Å²) < 4.78 is 5.12. The van der Waals surface area contributed by atoms with Gasteiger partial charge in [-0.1, -0.05) is 42.5 Å². The number of anilines is 1. The lowest BCUT2D eigenvalue weighted by Crippen LogP contribution is -2.40. The third-order valence-electron chi connectivity index (χ3n) is 5.58. The molecule has 1 aliphatic heterocycles. The number of thiazole rings is 1. The SMILES string of the molecule is COc1ccc(/C=C/C(=O)NC(C)C(=O)Nc2nc3c(s2)CN(Cc2ccccc2)CC3)cc1. The van der Waals surface area contributed by atoms with Crippen molar-refractivity contribution in [2.75, 3.05) is 19.0 Å². The fourth-order valence-corrected chi connectivity index (χ4v) is 4.76. The predicted molar refractivity (Wildman–Crippen MR) is 135 cm³/mol. The Morgan fingerprint density at radius 1 is 1.18 bits per heavy atom. The Balaban J connectivity index is 1.28. The molecule has 3 aromatic rings. The summed E-state index contributed by atoms with van der Waals surface area (Å²) in [6, 6.07) is 17.1. The van der Waals surface area contributed by atoms with E-state index in [1.165, 1.54) is 27.9 Å². The largest absolute Gasteiger partial charge is 0.497 e. The highest BCUT2D eigenvalue weighted by Gasteiger charge is 2.22. The van der Waals surface area contributed by atoms with E-state index in [0.717, 1.165) is 43.1 Å². The monoisotopic (exact) mass is 476 g/mol. The molecule has 34 heavy (non-hydrogen) atoms. The summed E-state index contributed by atoms with van der Waals surface area (Å²) in [5.41, 5.74) is 3.20. The standard InChI is InChI=1S/C26H28N4O3S/c1-18(27-24(31)13-10-19-8-11-21(33-2)12-9-19)25(32)29-26-28-22-14-15-30(17-23(22)34-26)16-20-6-4-3-5-7-20/h3-13,18H,14-17H2,1-2H3,(H,27,31)(H,28,29,32)/b13-10+. The number of nitrogens with zero attached hydrogens (tertiary/aromatic N) is 2. The Hall–Kier alpha value is -3.49. The summed E-state index contributed by atoms with van der Waals surface area (Å²) in [7, 11) is 1.60. The summed E-state index contributed by atoms with van der Waals surface area (Å²) in [5, 5.41) is 6.12. The number of methoxy groups -OCH3 is 1. The van der Waals surface area contributed by atoms with Gasteiger partial charge in [0, 0.05) is 37.0 Å². The van der Waals surface area contributed by atoms with Crippen LogP contribution in [0.25, 0.3) is 6.08 Å². The summed E-state index contributed by atoms with van der Waals surface area (Å²) in [6.07, 6.45) is 3.96. The number of hydrogen-bond acceptors (Lipinski definition) is 6. The van der Waals surface area contributed by atoms with Gasteiger partial charge in [-0.05, 0) is 36.3 Å². The van der Waals surface area contributed by atoms with Gasteiger partial charge >= 0.3 is 0 Å². The molecule has 0 radical (unpaired) electrons. The number of ether oxygens (including phenoxy) is 1. The lowest BCUT2D eigenvalue weighted by molar-refractivity contribution is -0.123. The molecule has 0 spiro atoms. The molecule has 0 bridgehead atoms. The highest BCUT2D eigenvalue weighted by molar-refractivity contribution is 7.15. The number of fused-ring (bicyclic) bond motifs is 1. The fourth-order valence-electron chi connectivity index (χ4n) is 3.71. The zero-order valence-electron chi connectivity index (χ0n) is 19.3. The molecule has 8 heteroatoms. The van der Waals surface area contributed by atoms with Gasteiger partial charge in [0.05, 0.1) is 12.8 Å². The molecule has 176 valence electrons. The average Bonchev–Trinajstić information content (AvgIpc) is 3.25. The van der Waals surface area contributed by atoms with Crippen molar-refractivity contribution in [1.29, 1.82) is 0 Å². The first-order valence-corrected chi connectivity index (χ1v) is 12.0. The van der Waals surface area contributed by atoms with Crippen molar-refractivity contribution >= 4 is 34.4 Å². The second-order valence-corrected chi connectivity index (χ2v) is 9.24. The van der Waals surface area contributed by atoms with Crippen molar-refractivity contribution < 1.29 is 14.3 Å². The van der Waals surface area contributed by atoms with Crippen LogP contribution in [0.2, 0.25) is 0 Å². The maximum Gasteiger partial charge on any atom is 0.248 e. The van der Waals surface area contributed by atoms with Crippen LogP contribution in [0.3, 0.4) is 0 Å². The quantitative estimate of drug-likeness (QED) is 0.483. The lowest BCUT2D eigenvalue weighted by atomic mass is 10.1. The Kier molecular flexibility index (Phi) is 7.72.